The summed E-state index contributed by atoms with van der Waals surface area (Å²) in [4.78, 5) is 18.6. The Bertz CT molecular complexity index is 619. The van der Waals surface area contributed by atoms with E-state index in [0.29, 0.717) is 0 Å². The lowest BCUT2D eigenvalue weighted by atomic mass is 9.96. The molecule has 1 aliphatic heterocycles. The number of aliphatic imine (C=N–C) groups is 1. The second kappa shape index (κ2) is 8.09. The number of carbonyl (C=O) groups is 1. The third kappa shape index (κ3) is 4.66. The minimum Gasteiger partial charge on any atom is -0.357 e. The predicted octanol–water partition coefficient (Wildman–Crippen LogP) is 2.55. The summed E-state index contributed by atoms with van der Waals surface area (Å²) < 4.78 is 0. The number of carbonyl (C=O) groups excluding carboxylic acids is 1. The highest BCUT2D eigenvalue weighted by Gasteiger charge is 2.44. The number of hydrogen-bond donors (Lipinski definition) is 2. The van der Waals surface area contributed by atoms with Gasteiger partial charge < -0.3 is 15.5 Å². The fraction of sp³-hybridized carbons (Fsp3) is 0.579. The van der Waals surface area contributed by atoms with Gasteiger partial charge in [0.15, 0.2) is 5.96 Å². The van der Waals surface area contributed by atoms with Crippen LogP contribution in [0.2, 0.25) is 5.02 Å². The zero-order valence-corrected chi connectivity index (χ0v) is 15.6. The monoisotopic (exact) mass is 362 g/mol. The molecule has 0 spiro atoms. The molecule has 2 N–H and O–H groups in total. The number of rotatable bonds is 6. The van der Waals surface area contributed by atoms with E-state index in [0.717, 1.165) is 62.8 Å². The number of guanidine groups is 1. The van der Waals surface area contributed by atoms with Crippen molar-refractivity contribution in [2.75, 3.05) is 32.7 Å². The summed E-state index contributed by atoms with van der Waals surface area (Å²) in [5.41, 5.74) is 1.48. The van der Waals surface area contributed by atoms with Crippen molar-refractivity contribution in [2.24, 2.45) is 4.99 Å². The van der Waals surface area contributed by atoms with Gasteiger partial charge in [0.2, 0.25) is 5.91 Å². The molecule has 1 heterocycles. The Morgan fingerprint density at radius 3 is 2.48 bits per heavy atom. The maximum absolute atomic E-state index is 12.2. The quantitative estimate of drug-likeness (QED) is 0.604. The molecule has 1 aliphatic carbocycles. The first-order valence-corrected chi connectivity index (χ1v) is 9.57. The Morgan fingerprint density at radius 1 is 1.20 bits per heavy atom. The Hall–Kier alpha value is -1.75. The molecule has 6 heteroatoms. The molecule has 2 aliphatic rings. The van der Waals surface area contributed by atoms with Crippen molar-refractivity contribution in [1.29, 1.82) is 0 Å². The Kier molecular flexibility index (Phi) is 5.84. The van der Waals surface area contributed by atoms with Crippen LogP contribution in [-0.2, 0) is 10.2 Å². The van der Waals surface area contributed by atoms with Gasteiger partial charge in [-0.2, -0.15) is 0 Å². The summed E-state index contributed by atoms with van der Waals surface area (Å²) in [5.74, 6) is 0.837. The van der Waals surface area contributed by atoms with E-state index in [2.05, 4.69) is 27.8 Å². The van der Waals surface area contributed by atoms with Crippen LogP contribution in [0.1, 0.15) is 38.2 Å². The summed E-state index contributed by atoms with van der Waals surface area (Å²) >= 11 is 5.99. The lowest BCUT2D eigenvalue weighted by Gasteiger charge is -2.19. The highest BCUT2D eigenvalue weighted by Crippen LogP contribution is 2.47. The van der Waals surface area contributed by atoms with Crippen molar-refractivity contribution in [1.82, 2.24) is 15.5 Å². The van der Waals surface area contributed by atoms with E-state index in [1.54, 1.807) is 0 Å². The van der Waals surface area contributed by atoms with Crippen LogP contribution in [0, 0.1) is 0 Å². The normalized spacial score (nSPS) is 19.0. The summed E-state index contributed by atoms with van der Waals surface area (Å²) in [7, 11) is 0. The molecule has 136 valence electrons. The largest absolute Gasteiger partial charge is 0.357 e. The number of halogens is 1. The Balaban J connectivity index is 1.57. The van der Waals surface area contributed by atoms with Gasteiger partial charge >= 0.3 is 0 Å². The summed E-state index contributed by atoms with van der Waals surface area (Å²) in [6.07, 6.45) is 4.54. The molecule has 3 rings (SSSR count). The first-order chi connectivity index (χ1) is 12.1. The molecule has 2 fully saturated rings. The topological polar surface area (TPSA) is 56.7 Å². The van der Waals surface area contributed by atoms with Gasteiger partial charge in [-0.3, -0.25) is 4.79 Å². The fourth-order valence-electron chi connectivity index (χ4n) is 3.33. The third-order valence-corrected chi connectivity index (χ3v) is 5.33. The molecule has 1 saturated carbocycles. The SMILES string of the molecule is CCNC(=NCC(=O)N1CCCC1)NCC1(c2ccc(Cl)cc2)CC1. The van der Waals surface area contributed by atoms with Gasteiger partial charge in [-0.25, -0.2) is 4.99 Å². The Labute approximate surface area is 154 Å². The number of nitrogens with zero attached hydrogens (tertiary/aromatic N) is 2. The average molecular weight is 363 g/mol. The zero-order chi connectivity index (χ0) is 17.7. The molecular formula is C19H27ClN4O. The lowest BCUT2D eigenvalue weighted by molar-refractivity contribution is -0.128. The summed E-state index contributed by atoms with van der Waals surface area (Å²) in [6, 6.07) is 8.12. The highest BCUT2D eigenvalue weighted by atomic mass is 35.5. The van der Waals surface area contributed by atoms with Gasteiger partial charge in [-0.15, -0.1) is 0 Å². The number of hydrogen-bond acceptors (Lipinski definition) is 2. The molecule has 1 amide bonds. The molecule has 1 saturated heterocycles. The van der Waals surface area contributed by atoms with Crippen LogP contribution in [0.25, 0.3) is 0 Å². The fourth-order valence-corrected chi connectivity index (χ4v) is 3.46. The first kappa shape index (κ1) is 18.1. The molecule has 25 heavy (non-hydrogen) atoms. The molecule has 0 bridgehead atoms. The average Bonchev–Trinajstić information content (AvgIpc) is 3.20. The second-order valence-corrected chi connectivity index (χ2v) is 7.36. The van der Waals surface area contributed by atoms with Crippen LogP contribution in [-0.4, -0.2) is 49.5 Å². The van der Waals surface area contributed by atoms with E-state index < -0.39 is 0 Å². The zero-order valence-electron chi connectivity index (χ0n) is 14.9. The summed E-state index contributed by atoms with van der Waals surface area (Å²) in [6.45, 7) is 5.58. The smallest absolute Gasteiger partial charge is 0.244 e. The van der Waals surface area contributed by atoms with Gasteiger partial charge in [0, 0.05) is 36.6 Å². The lowest BCUT2D eigenvalue weighted by Crippen LogP contribution is -2.42. The molecule has 0 atom stereocenters. The standard InChI is InChI=1S/C19H27ClN4O/c1-2-21-18(22-13-17(25)24-11-3-4-12-24)23-14-19(9-10-19)15-5-7-16(20)8-6-15/h5-8H,2-4,9-14H2,1H3,(H2,21,22,23). The van der Waals surface area contributed by atoms with E-state index in [4.69, 9.17) is 11.6 Å². The highest BCUT2D eigenvalue weighted by molar-refractivity contribution is 6.30. The number of benzene rings is 1. The van der Waals surface area contributed by atoms with E-state index in [-0.39, 0.29) is 17.9 Å². The molecule has 5 nitrogen and oxygen atoms in total. The van der Waals surface area contributed by atoms with Crippen LogP contribution < -0.4 is 10.6 Å². The maximum Gasteiger partial charge on any atom is 0.244 e. The molecule has 1 aromatic rings. The van der Waals surface area contributed by atoms with Gasteiger partial charge in [-0.1, -0.05) is 23.7 Å². The van der Waals surface area contributed by atoms with E-state index >= 15 is 0 Å². The number of likely N-dealkylation sites (tertiary alicyclic amines) is 1. The van der Waals surface area contributed by atoms with E-state index in [9.17, 15) is 4.79 Å². The van der Waals surface area contributed by atoms with Crippen molar-refractivity contribution in [3.63, 3.8) is 0 Å². The first-order valence-electron chi connectivity index (χ1n) is 9.19. The molecule has 0 radical (unpaired) electrons. The minimum absolute atomic E-state index is 0.119. The van der Waals surface area contributed by atoms with E-state index in [1.807, 2.05) is 24.0 Å². The van der Waals surface area contributed by atoms with Crippen molar-refractivity contribution < 1.29 is 4.79 Å². The number of amides is 1. The third-order valence-electron chi connectivity index (χ3n) is 5.08. The van der Waals surface area contributed by atoms with Crippen molar-refractivity contribution in [3.05, 3.63) is 34.9 Å². The van der Waals surface area contributed by atoms with Crippen LogP contribution in [0.5, 0.6) is 0 Å². The second-order valence-electron chi connectivity index (χ2n) is 6.92. The van der Waals surface area contributed by atoms with Gasteiger partial charge in [0.1, 0.15) is 6.54 Å². The predicted molar refractivity (Wildman–Crippen MR) is 102 cm³/mol. The van der Waals surface area contributed by atoms with Gasteiger partial charge in [-0.05, 0) is 50.3 Å². The van der Waals surface area contributed by atoms with Crippen molar-refractivity contribution in [3.8, 4) is 0 Å². The number of nitrogens with one attached hydrogen (secondary N) is 2. The molecule has 1 aromatic carbocycles. The van der Waals surface area contributed by atoms with Crippen LogP contribution >= 0.6 is 11.6 Å². The molecular weight excluding hydrogens is 336 g/mol. The van der Waals surface area contributed by atoms with Crippen molar-refractivity contribution in [2.45, 2.75) is 38.0 Å². The maximum atomic E-state index is 12.2. The van der Waals surface area contributed by atoms with Crippen LogP contribution in [0.3, 0.4) is 0 Å². The van der Waals surface area contributed by atoms with Gasteiger partial charge in [0.05, 0.1) is 0 Å². The van der Waals surface area contributed by atoms with Crippen LogP contribution in [0.15, 0.2) is 29.3 Å². The van der Waals surface area contributed by atoms with E-state index in [1.165, 1.54) is 5.56 Å². The molecule has 0 aromatic heterocycles. The van der Waals surface area contributed by atoms with Crippen molar-refractivity contribution >= 4 is 23.5 Å². The summed E-state index contributed by atoms with van der Waals surface area (Å²) in [5, 5.41) is 7.42. The molecule has 0 unspecified atom stereocenters. The minimum atomic E-state index is 0.119. The van der Waals surface area contributed by atoms with Crippen LogP contribution in [0.4, 0.5) is 0 Å². The van der Waals surface area contributed by atoms with Gasteiger partial charge in [0.25, 0.3) is 0 Å². The Morgan fingerprint density at radius 2 is 1.88 bits per heavy atom.